The van der Waals surface area contributed by atoms with E-state index >= 15 is 0 Å². The molecule has 0 N–H and O–H groups in total. The molecule has 1 fully saturated rings. The summed E-state index contributed by atoms with van der Waals surface area (Å²) < 4.78 is 19.4. The fraction of sp³-hybridized carbons (Fsp3) is 1.00. The van der Waals surface area contributed by atoms with Crippen molar-refractivity contribution in [3.8, 4) is 0 Å². The number of ether oxygens (including phenoxy) is 2. The average molecular weight is 536 g/mol. The minimum Gasteiger partial charge on any atom is -0.412 e. The Bertz CT molecular complexity index is 504. The van der Waals surface area contributed by atoms with Gasteiger partial charge in [0.25, 0.3) is 0 Å². The lowest BCUT2D eigenvalue weighted by molar-refractivity contribution is -0.306. The number of alkyl halides is 1. The van der Waals surface area contributed by atoms with Gasteiger partial charge in [0, 0.05) is 0 Å². The summed E-state index contributed by atoms with van der Waals surface area (Å²) in [5.74, 6) is -0.567. The molecule has 5 heteroatoms. The molecule has 3 nitrogen and oxygen atoms in total. The fourth-order valence-corrected chi connectivity index (χ4v) is 6.68. The lowest BCUT2D eigenvalue weighted by Crippen LogP contribution is -2.57. The van der Waals surface area contributed by atoms with Gasteiger partial charge in [-0.15, -0.1) is 0 Å². The molecule has 0 aromatic carbocycles. The lowest BCUT2D eigenvalue weighted by atomic mass is 9.98. The first-order valence-corrected chi connectivity index (χ1v) is 17.3. The predicted octanol–water partition coefficient (Wildman–Crippen LogP) is 9.38. The molecule has 32 heavy (non-hydrogen) atoms. The van der Waals surface area contributed by atoms with Crippen molar-refractivity contribution in [2.75, 3.05) is 0 Å². The van der Waals surface area contributed by atoms with Gasteiger partial charge in [-0.1, -0.05) is 114 Å². The normalized spacial score (nSPS) is 25.1. The van der Waals surface area contributed by atoms with Gasteiger partial charge in [-0.05, 0) is 45.3 Å². The smallest absolute Gasteiger partial charge is 0.192 e. The summed E-state index contributed by atoms with van der Waals surface area (Å²) in [4.78, 5) is 0.165. The maximum absolute atomic E-state index is 6.69. The second kappa shape index (κ2) is 14.2. The van der Waals surface area contributed by atoms with E-state index in [9.17, 15) is 0 Å². The molecule has 0 unspecified atom stereocenters. The number of halogens is 1. The van der Waals surface area contributed by atoms with Crippen molar-refractivity contribution in [2.45, 2.75) is 173 Å². The van der Waals surface area contributed by atoms with Gasteiger partial charge in [0.05, 0.1) is 17.0 Å². The van der Waals surface area contributed by atoms with Gasteiger partial charge >= 0.3 is 0 Å². The summed E-state index contributed by atoms with van der Waals surface area (Å²) in [6.45, 7) is 20.1. The van der Waals surface area contributed by atoms with Crippen LogP contribution in [0, 0.1) is 0 Å². The molecule has 1 heterocycles. The maximum Gasteiger partial charge on any atom is 0.192 e. The zero-order valence-corrected chi connectivity index (χ0v) is 25.5. The number of hydrogen-bond donors (Lipinski definition) is 0. The Hall–Kier alpha value is 0.577. The van der Waals surface area contributed by atoms with Crippen molar-refractivity contribution in [1.82, 2.24) is 0 Å². The molecule has 4 atom stereocenters. The van der Waals surface area contributed by atoms with Crippen LogP contribution in [0.1, 0.15) is 126 Å². The van der Waals surface area contributed by atoms with E-state index in [1.165, 1.54) is 70.6 Å². The average Bonchev–Trinajstić information content (AvgIpc) is 2.67. The van der Waals surface area contributed by atoms with Crippen molar-refractivity contribution in [3.63, 3.8) is 0 Å². The first-order valence-electron chi connectivity index (χ1n) is 13.5. The number of rotatable bonds is 15. The minimum atomic E-state index is -1.85. The van der Waals surface area contributed by atoms with Crippen LogP contribution in [-0.4, -0.2) is 37.2 Å². The van der Waals surface area contributed by atoms with Crippen LogP contribution < -0.4 is 0 Å². The highest BCUT2D eigenvalue weighted by Crippen LogP contribution is 2.41. The molecule has 1 aliphatic heterocycles. The molecule has 0 spiro atoms. The van der Waals surface area contributed by atoms with Crippen LogP contribution in [0.4, 0.5) is 0 Å². The standard InChI is InChI=1S/C27H55BrO3Si/c1-10-11-12-13-14-15-16-17-18-19-20-21-23-24(28)25(30-27(6,7)29-23)22(2)31-32(8,9)26(3,4)5/h22-25H,10-21H2,1-9H3/t22-,23-,24+,25+/m0/s1. The van der Waals surface area contributed by atoms with Crippen LogP contribution in [0.5, 0.6) is 0 Å². The summed E-state index contributed by atoms with van der Waals surface area (Å²) in [5, 5.41) is 0.193. The fourth-order valence-electron chi connectivity index (χ4n) is 4.35. The van der Waals surface area contributed by atoms with Crippen LogP contribution in [0.3, 0.4) is 0 Å². The second-order valence-corrected chi connectivity index (χ2v) is 17.8. The lowest BCUT2D eigenvalue weighted by Gasteiger charge is -2.48. The highest BCUT2D eigenvalue weighted by Gasteiger charge is 2.47. The van der Waals surface area contributed by atoms with Gasteiger partial charge in [0.2, 0.25) is 0 Å². The Balaban J connectivity index is 2.41. The molecule has 0 aliphatic carbocycles. The summed E-state index contributed by atoms with van der Waals surface area (Å²) in [5.41, 5.74) is 0. The van der Waals surface area contributed by atoms with Gasteiger partial charge in [0.1, 0.15) is 6.10 Å². The highest BCUT2D eigenvalue weighted by atomic mass is 79.9. The van der Waals surface area contributed by atoms with E-state index in [1.54, 1.807) is 0 Å². The summed E-state index contributed by atoms with van der Waals surface area (Å²) in [7, 11) is -1.85. The Morgan fingerprint density at radius 2 is 1.34 bits per heavy atom. The Labute approximate surface area is 210 Å². The highest BCUT2D eigenvalue weighted by molar-refractivity contribution is 9.09. The Morgan fingerprint density at radius 1 is 0.875 bits per heavy atom. The van der Waals surface area contributed by atoms with Crippen LogP contribution >= 0.6 is 15.9 Å². The van der Waals surface area contributed by atoms with Crippen LogP contribution in [0.2, 0.25) is 18.1 Å². The SMILES string of the molecule is CCCCCCCCCCCCC[C@@H]1OC(C)(C)O[C@H]([C@H](C)O[Si](C)(C)C(C)(C)C)[C@@H]1Br. The molecule has 0 bridgehead atoms. The largest absolute Gasteiger partial charge is 0.412 e. The van der Waals surface area contributed by atoms with Gasteiger partial charge in [0.15, 0.2) is 14.1 Å². The third kappa shape index (κ3) is 10.9. The zero-order valence-electron chi connectivity index (χ0n) is 22.9. The topological polar surface area (TPSA) is 27.7 Å². The Morgan fingerprint density at radius 3 is 1.81 bits per heavy atom. The van der Waals surface area contributed by atoms with E-state index in [4.69, 9.17) is 13.9 Å². The number of hydrogen-bond acceptors (Lipinski definition) is 3. The maximum atomic E-state index is 6.69. The van der Waals surface area contributed by atoms with Gasteiger partial charge in [-0.2, -0.15) is 0 Å². The summed E-state index contributed by atoms with van der Waals surface area (Å²) in [6.07, 6.45) is 16.4. The minimum absolute atomic E-state index is 0.00517. The molecule has 0 aromatic rings. The van der Waals surface area contributed by atoms with Crippen LogP contribution in [0.25, 0.3) is 0 Å². The van der Waals surface area contributed by atoms with Crippen molar-refractivity contribution in [2.24, 2.45) is 0 Å². The molecule has 0 radical (unpaired) electrons. The van der Waals surface area contributed by atoms with Crippen molar-refractivity contribution < 1.29 is 13.9 Å². The predicted molar refractivity (Wildman–Crippen MR) is 145 cm³/mol. The first kappa shape index (κ1) is 30.6. The molecule has 0 saturated carbocycles. The monoisotopic (exact) mass is 534 g/mol. The van der Waals surface area contributed by atoms with Crippen LogP contribution in [-0.2, 0) is 13.9 Å². The van der Waals surface area contributed by atoms with E-state index in [0.717, 1.165) is 6.42 Å². The van der Waals surface area contributed by atoms with E-state index < -0.39 is 14.1 Å². The summed E-state index contributed by atoms with van der Waals surface area (Å²) >= 11 is 3.95. The molecule has 192 valence electrons. The zero-order chi connectivity index (χ0) is 24.4. The third-order valence-electron chi connectivity index (χ3n) is 7.37. The molecule has 0 amide bonds. The third-order valence-corrected chi connectivity index (χ3v) is 13.0. The van der Waals surface area contributed by atoms with E-state index in [-0.39, 0.29) is 28.2 Å². The van der Waals surface area contributed by atoms with Gasteiger partial charge in [-0.25, -0.2) is 0 Å². The first-order chi connectivity index (χ1) is 14.8. The molecule has 0 aromatic heterocycles. The van der Waals surface area contributed by atoms with Gasteiger partial charge < -0.3 is 13.9 Å². The summed E-state index contributed by atoms with van der Waals surface area (Å²) in [6, 6.07) is 0. The van der Waals surface area contributed by atoms with Crippen LogP contribution in [0.15, 0.2) is 0 Å². The van der Waals surface area contributed by atoms with E-state index in [0.29, 0.717) is 0 Å². The van der Waals surface area contributed by atoms with Crippen molar-refractivity contribution in [1.29, 1.82) is 0 Å². The molecule has 1 rings (SSSR count). The quantitative estimate of drug-likeness (QED) is 0.119. The second-order valence-electron chi connectivity index (χ2n) is 12.0. The molecular weight excluding hydrogens is 480 g/mol. The van der Waals surface area contributed by atoms with E-state index in [1.807, 2.05) is 13.8 Å². The van der Waals surface area contributed by atoms with Gasteiger partial charge in [-0.3, -0.25) is 0 Å². The number of unbranched alkanes of at least 4 members (excludes halogenated alkanes) is 10. The molecule has 1 aliphatic rings. The Kier molecular flexibility index (Phi) is 13.6. The van der Waals surface area contributed by atoms with E-state index in [2.05, 4.69) is 63.6 Å². The molecular formula is C27H55BrO3Si. The van der Waals surface area contributed by atoms with Crippen molar-refractivity contribution >= 4 is 24.2 Å². The van der Waals surface area contributed by atoms with Crippen molar-refractivity contribution in [3.05, 3.63) is 0 Å². The molecule has 1 saturated heterocycles.